The summed E-state index contributed by atoms with van der Waals surface area (Å²) in [6.07, 6.45) is 7.11. The van der Waals surface area contributed by atoms with Crippen molar-refractivity contribution >= 4 is 10.9 Å². The Morgan fingerprint density at radius 2 is 1.86 bits per heavy atom. The summed E-state index contributed by atoms with van der Waals surface area (Å²) in [5.74, 6) is 3.18. The number of nitrogens with zero attached hydrogens (tertiary/aromatic N) is 5. The van der Waals surface area contributed by atoms with E-state index in [2.05, 4.69) is 36.8 Å². The number of phenols is 1. The fourth-order valence-electron chi connectivity index (χ4n) is 4.65. The molecule has 0 saturated carbocycles. The number of hydrogen-bond acceptors (Lipinski definition) is 5. The number of pyridine rings is 1. The van der Waals surface area contributed by atoms with Crippen LogP contribution in [-0.2, 0) is 19.5 Å². The zero-order valence-electron chi connectivity index (χ0n) is 16.2. The molecule has 1 fully saturated rings. The average molecular weight is 377 g/mol. The molecule has 0 bridgehead atoms. The Hall–Kier alpha value is -2.47. The number of likely N-dealkylation sites (tertiary alicyclic amines) is 1. The quantitative estimate of drug-likeness (QED) is 0.755. The molecule has 6 heteroatoms. The molecule has 0 spiro atoms. The number of rotatable bonds is 3. The highest BCUT2D eigenvalue weighted by atomic mass is 16.3. The van der Waals surface area contributed by atoms with Gasteiger partial charge in [0.15, 0.2) is 0 Å². The summed E-state index contributed by atoms with van der Waals surface area (Å²) in [4.78, 5) is 7.15. The predicted molar refractivity (Wildman–Crippen MR) is 108 cm³/mol. The van der Waals surface area contributed by atoms with E-state index in [4.69, 9.17) is 0 Å². The van der Waals surface area contributed by atoms with E-state index in [1.165, 1.54) is 30.9 Å². The third-order valence-electron chi connectivity index (χ3n) is 6.23. The standard InChI is InChI=1S/C22H27N5O/c28-19-6-4-5-16-8-9-18(23-21(16)19)15-26-13-10-17(11-14-26)22-25-24-20-7-2-1-3-12-27(20)22/h4-6,8-9,17,28H,1-3,7,10-15H2. The number of aryl methyl sites for hydroxylation is 1. The smallest absolute Gasteiger partial charge is 0.141 e. The summed E-state index contributed by atoms with van der Waals surface area (Å²) >= 11 is 0. The van der Waals surface area contributed by atoms with E-state index in [0.717, 1.165) is 56.5 Å². The van der Waals surface area contributed by atoms with Crippen LogP contribution in [0.4, 0.5) is 0 Å². The van der Waals surface area contributed by atoms with Gasteiger partial charge in [0.1, 0.15) is 22.9 Å². The molecule has 2 aliphatic rings. The Balaban J connectivity index is 1.25. The van der Waals surface area contributed by atoms with Gasteiger partial charge in [-0.1, -0.05) is 24.6 Å². The number of phenolic OH excluding ortho intramolecular Hbond substituents is 1. The minimum Gasteiger partial charge on any atom is -0.506 e. The van der Waals surface area contributed by atoms with Gasteiger partial charge in [-0.15, -0.1) is 10.2 Å². The Labute approximate surface area is 165 Å². The molecule has 2 aromatic heterocycles. The highest BCUT2D eigenvalue weighted by molar-refractivity contribution is 5.84. The van der Waals surface area contributed by atoms with Gasteiger partial charge in [-0.05, 0) is 50.9 Å². The fourth-order valence-corrected chi connectivity index (χ4v) is 4.65. The van der Waals surface area contributed by atoms with Gasteiger partial charge in [0, 0.05) is 30.8 Å². The van der Waals surface area contributed by atoms with E-state index in [1.807, 2.05) is 12.1 Å². The van der Waals surface area contributed by atoms with Gasteiger partial charge in [-0.25, -0.2) is 4.98 Å². The molecular weight excluding hydrogens is 350 g/mol. The molecule has 2 aliphatic heterocycles. The summed E-state index contributed by atoms with van der Waals surface area (Å²) < 4.78 is 2.40. The minimum atomic E-state index is 0.255. The summed E-state index contributed by atoms with van der Waals surface area (Å²) in [6.45, 7) is 4.01. The lowest BCUT2D eigenvalue weighted by Gasteiger charge is -2.31. The number of para-hydroxylation sites is 1. The molecule has 4 heterocycles. The van der Waals surface area contributed by atoms with Crippen LogP contribution in [0.1, 0.15) is 55.4 Å². The van der Waals surface area contributed by atoms with Crippen molar-refractivity contribution in [1.82, 2.24) is 24.6 Å². The molecule has 5 rings (SSSR count). The minimum absolute atomic E-state index is 0.255. The molecule has 0 unspecified atom stereocenters. The van der Waals surface area contributed by atoms with Gasteiger partial charge in [0.05, 0.1) is 5.69 Å². The summed E-state index contributed by atoms with van der Waals surface area (Å²) in [5, 5.41) is 20.1. The lowest BCUT2D eigenvalue weighted by Crippen LogP contribution is -2.33. The molecule has 1 saturated heterocycles. The van der Waals surface area contributed by atoms with E-state index in [9.17, 15) is 5.11 Å². The van der Waals surface area contributed by atoms with Gasteiger partial charge in [0.25, 0.3) is 0 Å². The normalized spacial score (nSPS) is 18.9. The van der Waals surface area contributed by atoms with Crippen LogP contribution in [0.3, 0.4) is 0 Å². The first-order chi connectivity index (χ1) is 13.8. The van der Waals surface area contributed by atoms with Crippen molar-refractivity contribution in [3.8, 4) is 5.75 Å². The first-order valence-corrected chi connectivity index (χ1v) is 10.5. The van der Waals surface area contributed by atoms with Crippen LogP contribution in [0.5, 0.6) is 5.75 Å². The maximum Gasteiger partial charge on any atom is 0.141 e. The molecule has 0 atom stereocenters. The Bertz CT molecular complexity index is 974. The number of aromatic hydroxyl groups is 1. The molecule has 0 aliphatic carbocycles. The first kappa shape index (κ1) is 17.6. The van der Waals surface area contributed by atoms with Crippen LogP contribution < -0.4 is 0 Å². The third kappa shape index (κ3) is 3.37. The van der Waals surface area contributed by atoms with Gasteiger partial charge in [0.2, 0.25) is 0 Å². The highest BCUT2D eigenvalue weighted by Crippen LogP contribution is 2.30. The van der Waals surface area contributed by atoms with E-state index in [1.54, 1.807) is 6.07 Å². The monoisotopic (exact) mass is 377 g/mol. The van der Waals surface area contributed by atoms with Crippen LogP contribution in [0.15, 0.2) is 30.3 Å². The first-order valence-electron chi connectivity index (χ1n) is 10.5. The molecule has 28 heavy (non-hydrogen) atoms. The number of benzene rings is 1. The van der Waals surface area contributed by atoms with Gasteiger partial charge >= 0.3 is 0 Å². The second-order valence-electron chi connectivity index (χ2n) is 8.14. The molecule has 1 aromatic carbocycles. The van der Waals surface area contributed by atoms with Crippen molar-refractivity contribution in [2.45, 2.75) is 57.5 Å². The fraction of sp³-hybridized carbons (Fsp3) is 0.500. The number of piperidine rings is 1. The van der Waals surface area contributed by atoms with Crippen molar-refractivity contribution in [3.05, 3.63) is 47.7 Å². The molecule has 146 valence electrons. The lowest BCUT2D eigenvalue weighted by molar-refractivity contribution is 0.198. The average Bonchev–Trinajstić information content (AvgIpc) is 2.97. The highest BCUT2D eigenvalue weighted by Gasteiger charge is 2.26. The Morgan fingerprint density at radius 3 is 2.75 bits per heavy atom. The molecule has 0 radical (unpaired) electrons. The number of aromatic nitrogens is 4. The van der Waals surface area contributed by atoms with E-state index in [-0.39, 0.29) is 5.75 Å². The molecular formula is C22H27N5O. The van der Waals surface area contributed by atoms with Crippen LogP contribution in [0.2, 0.25) is 0 Å². The van der Waals surface area contributed by atoms with Crippen molar-refractivity contribution in [2.75, 3.05) is 13.1 Å². The number of hydrogen-bond donors (Lipinski definition) is 1. The summed E-state index contributed by atoms with van der Waals surface area (Å²) in [5.41, 5.74) is 1.71. The van der Waals surface area contributed by atoms with Crippen molar-refractivity contribution in [2.24, 2.45) is 0 Å². The zero-order valence-corrected chi connectivity index (χ0v) is 16.2. The van der Waals surface area contributed by atoms with Gasteiger partial charge in [-0.3, -0.25) is 4.90 Å². The zero-order chi connectivity index (χ0) is 18.9. The summed E-state index contributed by atoms with van der Waals surface area (Å²) in [6, 6.07) is 9.67. The van der Waals surface area contributed by atoms with Crippen molar-refractivity contribution in [3.63, 3.8) is 0 Å². The van der Waals surface area contributed by atoms with E-state index < -0.39 is 0 Å². The second kappa shape index (κ2) is 7.51. The van der Waals surface area contributed by atoms with E-state index in [0.29, 0.717) is 11.4 Å². The van der Waals surface area contributed by atoms with Crippen molar-refractivity contribution in [1.29, 1.82) is 0 Å². The van der Waals surface area contributed by atoms with E-state index >= 15 is 0 Å². The number of fused-ring (bicyclic) bond motifs is 2. The molecule has 1 N–H and O–H groups in total. The maximum atomic E-state index is 10.1. The van der Waals surface area contributed by atoms with Gasteiger partial charge in [-0.2, -0.15) is 0 Å². The lowest BCUT2D eigenvalue weighted by atomic mass is 9.95. The molecule has 6 nitrogen and oxygen atoms in total. The third-order valence-corrected chi connectivity index (χ3v) is 6.23. The van der Waals surface area contributed by atoms with Crippen LogP contribution in [0, 0.1) is 0 Å². The Morgan fingerprint density at radius 1 is 0.964 bits per heavy atom. The predicted octanol–water partition coefficient (Wildman–Crippen LogP) is 3.64. The molecule has 3 aromatic rings. The largest absolute Gasteiger partial charge is 0.506 e. The van der Waals surface area contributed by atoms with Crippen molar-refractivity contribution < 1.29 is 5.11 Å². The SMILES string of the molecule is Oc1cccc2ccc(CN3CCC(c4nnc5n4CCCCC5)CC3)nc12. The van der Waals surface area contributed by atoms with Gasteiger partial charge < -0.3 is 9.67 Å². The second-order valence-corrected chi connectivity index (χ2v) is 8.14. The maximum absolute atomic E-state index is 10.1. The van der Waals surface area contributed by atoms with Crippen LogP contribution >= 0.6 is 0 Å². The van der Waals surface area contributed by atoms with Crippen LogP contribution in [0.25, 0.3) is 10.9 Å². The topological polar surface area (TPSA) is 67.1 Å². The Kier molecular flexibility index (Phi) is 4.72. The van der Waals surface area contributed by atoms with Crippen LogP contribution in [-0.4, -0.2) is 42.8 Å². The molecule has 0 amide bonds. The summed E-state index contributed by atoms with van der Waals surface area (Å²) in [7, 11) is 0.